The Bertz CT molecular complexity index is 703. The molecule has 0 radical (unpaired) electrons. The number of fused-ring (bicyclic) bond motifs is 1. The first-order valence-electron chi connectivity index (χ1n) is 7.45. The lowest BCUT2D eigenvalue weighted by Gasteiger charge is -2.11. The number of amides is 1. The standard InChI is InChI=1S/C16H18N4O3/c1-3-10(2)19-16(21)12-7-18-15(8-17-12)20-11-4-5-13-14(6-11)23-9-22-13/h4-8,10H,3,9H2,1-2H3,(H,18,20)(H,19,21). The topological polar surface area (TPSA) is 85.4 Å². The first-order chi connectivity index (χ1) is 11.2. The van der Waals surface area contributed by atoms with Crippen molar-refractivity contribution in [3.8, 4) is 11.5 Å². The van der Waals surface area contributed by atoms with Crippen molar-refractivity contribution in [2.45, 2.75) is 26.3 Å². The predicted octanol–water partition coefficient (Wildman–Crippen LogP) is 2.48. The average Bonchev–Trinajstić information content (AvgIpc) is 3.03. The molecule has 1 aromatic carbocycles. The van der Waals surface area contributed by atoms with Gasteiger partial charge in [-0.2, -0.15) is 0 Å². The van der Waals surface area contributed by atoms with E-state index in [0.717, 1.165) is 17.9 Å². The quantitative estimate of drug-likeness (QED) is 0.882. The van der Waals surface area contributed by atoms with Crippen molar-refractivity contribution in [2.75, 3.05) is 12.1 Å². The normalized spacial score (nSPS) is 13.5. The number of ether oxygens (including phenoxy) is 2. The fourth-order valence-corrected chi connectivity index (χ4v) is 2.03. The van der Waals surface area contributed by atoms with Gasteiger partial charge >= 0.3 is 0 Å². The molecule has 7 nitrogen and oxygen atoms in total. The molecule has 0 spiro atoms. The Morgan fingerprint density at radius 1 is 1.26 bits per heavy atom. The van der Waals surface area contributed by atoms with Gasteiger partial charge in [0.25, 0.3) is 5.91 Å². The highest BCUT2D eigenvalue weighted by Gasteiger charge is 2.14. The molecule has 1 aliphatic rings. The van der Waals surface area contributed by atoms with Crippen molar-refractivity contribution in [1.82, 2.24) is 15.3 Å². The number of nitrogens with one attached hydrogen (secondary N) is 2. The zero-order valence-electron chi connectivity index (χ0n) is 13.0. The van der Waals surface area contributed by atoms with E-state index in [9.17, 15) is 4.79 Å². The summed E-state index contributed by atoms with van der Waals surface area (Å²) in [6.07, 6.45) is 3.84. The van der Waals surface area contributed by atoms with Crippen LogP contribution in [0.4, 0.5) is 11.5 Å². The van der Waals surface area contributed by atoms with Crippen LogP contribution in [0, 0.1) is 0 Å². The molecule has 23 heavy (non-hydrogen) atoms. The van der Waals surface area contributed by atoms with Gasteiger partial charge in [0.05, 0.1) is 12.4 Å². The maximum absolute atomic E-state index is 11.9. The maximum Gasteiger partial charge on any atom is 0.271 e. The second-order valence-corrected chi connectivity index (χ2v) is 5.26. The van der Waals surface area contributed by atoms with Gasteiger partial charge in [0.2, 0.25) is 6.79 Å². The fourth-order valence-electron chi connectivity index (χ4n) is 2.03. The van der Waals surface area contributed by atoms with Gasteiger partial charge in [-0.05, 0) is 25.5 Å². The number of aromatic nitrogens is 2. The highest BCUT2D eigenvalue weighted by molar-refractivity contribution is 5.92. The molecule has 1 aromatic heterocycles. The van der Waals surface area contributed by atoms with Gasteiger partial charge in [0.1, 0.15) is 11.5 Å². The van der Waals surface area contributed by atoms with Crippen LogP contribution in [0.25, 0.3) is 0 Å². The Balaban J connectivity index is 1.66. The Labute approximate surface area is 134 Å². The van der Waals surface area contributed by atoms with E-state index in [2.05, 4.69) is 20.6 Å². The number of hydrogen-bond donors (Lipinski definition) is 2. The Morgan fingerprint density at radius 3 is 2.83 bits per heavy atom. The number of carbonyl (C=O) groups excluding carboxylic acids is 1. The Hall–Kier alpha value is -2.83. The lowest BCUT2D eigenvalue weighted by Crippen LogP contribution is -2.32. The summed E-state index contributed by atoms with van der Waals surface area (Å²) in [7, 11) is 0. The van der Waals surface area contributed by atoms with E-state index in [0.29, 0.717) is 17.3 Å². The van der Waals surface area contributed by atoms with Crippen molar-refractivity contribution in [1.29, 1.82) is 0 Å². The van der Waals surface area contributed by atoms with Crippen LogP contribution in [-0.2, 0) is 0 Å². The van der Waals surface area contributed by atoms with E-state index in [4.69, 9.17) is 9.47 Å². The number of benzene rings is 1. The molecule has 1 amide bonds. The highest BCUT2D eigenvalue weighted by atomic mass is 16.7. The third-order valence-electron chi connectivity index (χ3n) is 3.52. The molecule has 7 heteroatoms. The molecule has 0 saturated heterocycles. The average molecular weight is 314 g/mol. The summed E-state index contributed by atoms with van der Waals surface area (Å²) in [5.41, 5.74) is 1.10. The van der Waals surface area contributed by atoms with Crippen LogP contribution >= 0.6 is 0 Å². The summed E-state index contributed by atoms with van der Waals surface area (Å²) in [6, 6.07) is 5.62. The van der Waals surface area contributed by atoms with Gasteiger partial charge in [-0.15, -0.1) is 0 Å². The SMILES string of the molecule is CCC(C)NC(=O)c1cnc(Nc2ccc3c(c2)OCO3)cn1. The Kier molecular flexibility index (Phi) is 4.27. The van der Waals surface area contributed by atoms with Crippen molar-refractivity contribution in [2.24, 2.45) is 0 Å². The molecule has 120 valence electrons. The zero-order chi connectivity index (χ0) is 16.2. The number of anilines is 2. The molecule has 1 atom stereocenters. The lowest BCUT2D eigenvalue weighted by molar-refractivity contribution is 0.0934. The van der Waals surface area contributed by atoms with Crippen LogP contribution in [0.5, 0.6) is 11.5 Å². The number of hydrogen-bond acceptors (Lipinski definition) is 6. The van der Waals surface area contributed by atoms with Crippen LogP contribution in [0.15, 0.2) is 30.6 Å². The van der Waals surface area contributed by atoms with E-state index >= 15 is 0 Å². The lowest BCUT2D eigenvalue weighted by atomic mass is 10.2. The van der Waals surface area contributed by atoms with E-state index in [1.165, 1.54) is 12.4 Å². The molecule has 3 rings (SSSR count). The first kappa shape index (κ1) is 15.1. The summed E-state index contributed by atoms with van der Waals surface area (Å²) < 4.78 is 10.6. The van der Waals surface area contributed by atoms with Gasteiger partial charge in [0.15, 0.2) is 11.5 Å². The second-order valence-electron chi connectivity index (χ2n) is 5.26. The van der Waals surface area contributed by atoms with Crippen LogP contribution in [0.2, 0.25) is 0 Å². The number of carbonyl (C=O) groups is 1. The van der Waals surface area contributed by atoms with Gasteiger partial charge < -0.3 is 20.1 Å². The third-order valence-corrected chi connectivity index (χ3v) is 3.52. The van der Waals surface area contributed by atoms with Gasteiger partial charge in [-0.1, -0.05) is 6.92 Å². The number of rotatable bonds is 5. The molecule has 0 aliphatic carbocycles. The largest absolute Gasteiger partial charge is 0.454 e. The first-order valence-corrected chi connectivity index (χ1v) is 7.45. The smallest absolute Gasteiger partial charge is 0.271 e. The fraction of sp³-hybridized carbons (Fsp3) is 0.312. The summed E-state index contributed by atoms with van der Waals surface area (Å²) in [5, 5.41) is 5.96. The minimum absolute atomic E-state index is 0.107. The molecule has 0 bridgehead atoms. The zero-order valence-corrected chi connectivity index (χ0v) is 13.0. The summed E-state index contributed by atoms with van der Waals surface area (Å²) >= 11 is 0. The summed E-state index contributed by atoms with van der Waals surface area (Å²) in [5.74, 6) is 1.73. The second kappa shape index (κ2) is 6.51. The van der Waals surface area contributed by atoms with Crippen LogP contribution in [-0.4, -0.2) is 28.7 Å². The molecule has 2 aromatic rings. The van der Waals surface area contributed by atoms with E-state index in [1.54, 1.807) is 0 Å². The monoisotopic (exact) mass is 314 g/mol. The Morgan fingerprint density at radius 2 is 2.09 bits per heavy atom. The third kappa shape index (κ3) is 3.50. The summed E-state index contributed by atoms with van der Waals surface area (Å²) in [6.45, 7) is 4.19. The molecule has 1 unspecified atom stereocenters. The molecular formula is C16H18N4O3. The van der Waals surface area contributed by atoms with E-state index in [-0.39, 0.29) is 18.7 Å². The van der Waals surface area contributed by atoms with Crippen molar-refractivity contribution >= 4 is 17.4 Å². The van der Waals surface area contributed by atoms with Crippen molar-refractivity contribution < 1.29 is 14.3 Å². The summed E-state index contributed by atoms with van der Waals surface area (Å²) in [4.78, 5) is 20.3. The van der Waals surface area contributed by atoms with Crippen LogP contribution < -0.4 is 20.1 Å². The molecule has 2 heterocycles. The van der Waals surface area contributed by atoms with Gasteiger partial charge in [0, 0.05) is 17.8 Å². The highest BCUT2D eigenvalue weighted by Crippen LogP contribution is 2.34. The molecule has 0 saturated carbocycles. The van der Waals surface area contributed by atoms with Gasteiger partial charge in [-0.3, -0.25) is 4.79 Å². The number of nitrogens with zero attached hydrogens (tertiary/aromatic N) is 2. The molecule has 1 aliphatic heterocycles. The molecule has 2 N–H and O–H groups in total. The van der Waals surface area contributed by atoms with E-state index < -0.39 is 0 Å². The molecular weight excluding hydrogens is 296 g/mol. The molecule has 0 fully saturated rings. The van der Waals surface area contributed by atoms with Crippen LogP contribution in [0.3, 0.4) is 0 Å². The minimum atomic E-state index is -0.221. The predicted molar refractivity (Wildman–Crippen MR) is 85.1 cm³/mol. The van der Waals surface area contributed by atoms with Gasteiger partial charge in [-0.25, -0.2) is 9.97 Å². The van der Waals surface area contributed by atoms with Crippen LogP contribution in [0.1, 0.15) is 30.8 Å². The van der Waals surface area contributed by atoms with Crippen molar-refractivity contribution in [3.63, 3.8) is 0 Å². The minimum Gasteiger partial charge on any atom is -0.454 e. The van der Waals surface area contributed by atoms with E-state index in [1.807, 2.05) is 32.0 Å². The maximum atomic E-state index is 11.9. The van der Waals surface area contributed by atoms with Crippen molar-refractivity contribution in [3.05, 3.63) is 36.3 Å².